The van der Waals surface area contributed by atoms with Crippen LogP contribution in [0.5, 0.6) is 0 Å². The molecule has 7 aromatic rings. The Morgan fingerprint density at radius 3 is 0.944 bits per heavy atom. The summed E-state index contributed by atoms with van der Waals surface area (Å²) in [5.41, 5.74) is 16.9. The minimum Gasteiger partial charge on any atom is -0.0636 e. The summed E-state index contributed by atoms with van der Waals surface area (Å²) in [4.78, 5) is 0. The van der Waals surface area contributed by atoms with Crippen molar-refractivity contribution in [2.24, 2.45) is 5.92 Å². The maximum atomic E-state index is 2.55. The Hall–Kier alpha value is -5.76. The highest BCUT2D eigenvalue weighted by Gasteiger charge is 2.49. The largest absolute Gasteiger partial charge is 0.176 e. The van der Waals surface area contributed by atoms with Gasteiger partial charge in [0.15, 0.2) is 8.07 Å². The maximum absolute atomic E-state index is 3.08. The van der Waals surface area contributed by atoms with Gasteiger partial charge >= 0.3 is 0 Å². The normalized spacial score (nSPS) is 14.5. The van der Waals surface area contributed by atoms with Gasteiger partial charge in [-0.05, 0) is 118 Å². The van der Waals surface area contributed by atoms with Gasteiger partial charge in [0, 0.05) is 0 Å². The third-order valence-electron chi connectivity index (χ3n) is 11.9. The second-order valence-corrected chi connectivity index (χ2v) is 19.0. The summed E-state index contributed by atoms with van der Waals surface area (Å²) in [6.45, 7) is 14.1. The first kappa shape index (κ1) is 35.3. The Morgan fingerprint density at radius 1 is 0.333 bits per heavy atom. The molecule has 0 fully saturated rings. The van der Waals surface area contributed by atoms with Crippen molar-refractivity contribution in [2.75, 3.05) is 0 Å². The van der Waals surface area contributed by atoms with Crippen LogP contribution in [0.1, 0.15) is 38.8 Å². The van der Waals surface area contributed by atoms with Crippen LogP contribution in [0.2, 0.25) is 0 Å². The van der Waals surface area contributed by atoms with E-state index in [2.05, 4.69) is 217 Å². The van der Waals surface area contributed by atoms with Crippen LogP contribution < -0.4 is 15.6 Å². The Morgan fingerprint density at radius 2 is 0.648 bits per heavy atom. The first-order chi connectivity index (χ1) is 26.2. The highest BCUT2D eigenvalue weighted by Crippen LogP contribution is 2.43. The number of rotatable bonds is 8. The van der Waals surface area contributed by atoms with E-state index < -0.39 is 8.07 Å². The summed E-state index contributed by atoms with van der Waals surface area (Å²) < 4.78 is 0. The van der Waals surface area contributed by atoms with E-state index in [1.165, 1.54) is 87.9 Å². The summed E-state index contributed by atoms with van der Waals surface area (Å²) in [5, 5.41) is 5.87. The van der Waals surface area contributed by atoms with Crippen LogP contribution in [0.15, 0.2) is 198 Å². The molecule has 0 nitrogen and oxygen atoms in total. The van der Waals surface area contributed by atoms with Crippen LogP contribution in [-0.2, 0) is 0 Å². The smallest absolute Gasteiger partial charge is 0.0636 e. The molecule has 0 heterocycles. The van der Waals surface area contributed by atoms with Crippen LogP contribution >= 0.6 is 0 Å². The fraction of sp³-hybridized carbons (Fsp3) is 0.132. The zero-order valence-electron chi connectivity index (χ0n) is 32.3. The van der Waals surface area contributed by atoms with Crippen LogP contribution in [0.4, 0.5) is 0 Å². The number of aryl methyl sites for hydroxylation is 2. The predicted octanol–water partition coefficient (Wildman–Crippen LogP) is 12.3. The molecule has 0 saturated heterocycles. The van der Waals surface area contributed by atoms with E-state index in [1.807, 2.05) is 0 Å². The van der Waals surface area contributed by atoms with E-state index in [9.17, 15) is 0 Å². The van der Waals surface area contributed by atoms with Gasteiger partial charge in [-0.1, -0.05) is 198 Å². The minimum atomic E-state index is -3.08. The topological polar surface area (TPSA) is 0 Å². The molecule has 0 radical (unpaired) electrons. The van der Waals surface area contributed by atoms with E-state index in [0.717, 1.165) is 0 Å². The molecule has 0 bridgehead atoms. The summed E-state index contributed by atoms with van der Waals surface area (Å²) in [6.07, 6.45) is 0. The molecule has 54 heavy (non-hydrogen) atoms. The van der Waals surface area contributed by atoms with Crippen LogP contribution in [0, 0.1) is 19.8 Å². The van der Waals surface area contributed by atoms with Gasteiger partial charge in [-0.25, -0.2) is 0 Å². The minimum absolute atomic E-state index is 0.290. The molecule has 7 aromatic carbocycles. The number of hydrogen-bond donors (Lipinski definition) is 0. The lowest BCUT2D eigenvalue weighted by Gasteiger charge is -2.40. The number of hydrogen-bond acceptors (Lipinski definition) is 0. The second kappa shape index (κ2) is 14.6. The highest BCUT2D eigenvalue weighted by molar-refractivity contribution is 7.16. The summed E-state index contributed by atoms with van der Waals surface area (Å²) in [6, 6.07) is 66.2. The van der Waals surface area contributed by atoms with Crippen LogP contribution in [-0.4, -0.2) is 8.07 Å². The molecule has 1 heteroatoms. The molecule has 0 aliphatic heterocycles. The van der Waals surface area contributed by atoms with Gasteiger partial charge in [-0.3, -0.25) is 0 Å². The van der Waals surface area contributed by atoms with Crippen molar-refractivity contribution in [3.05, 3.63) is 209 Å². The Labute approximate surface area is 323 Å². The van der Waals surface area contributed by atoms with Gasteiger partial charge in [0.2, 0.25) is 0 Å². The lowest BCUT2D eigenvalue weighted by Crippen LogP contribution is -2.70. The van der Waals surface area contributed by atoms with Crippen LogP contribution in [0.3, 0.4) is 0 Å². The van der Waals surface area contributed by atoms with Gasteiger partial charge < -0.3 is 0 Å². The molecule has 264 valence electrons. The predicted molar refractivity (Wildman–Crippen MR) is 235 cm³/mol. The maximum Gasteiger partial charge on any atom is 0.176 e. The fourth-order valence-electron chi connectivity index (χ4n) is 9.00. The summed E-state index contributed by atoms with van der Waals surface area (Å²) in [7, 11) is -3.08. The number of allylic oxidation sites excluding steroid dienone is 4. The van der Waals surface area contributed by atoms with Crippen molar-refractivity contribution in [1.29, 1.82) is 0 Å². The lowest BCUT2D eigenvalue weighted by atomic mass is 9.99. The van der Waals surface area contributed by atoms with E-state index >= 15 is 0 Å². The Bertz CT molecular complexity index is 2260. The molecular weight excluding hydrogens is 665 g/mol. The molecule has 0 amide bonds. The van der Waals surface area contributed by atoms with E-state index in [-0.39, 0.29) is 0 Å². The monoisotopic (exact) mass is 712 g/mol. The van der Waals surface area contributed by atoms with Gasteiger partial charge in [0.1, 0.15) is 0 Å². The molecule has 0 N–H and O–H groups in total. The van der Waals surface area contributed by atoms with Crippen molar-refractivity contribution < 1.29 is 0 Å². The Balaban J connectivity index is 1.59. The van der Waals surface area contributed by atoms with Gasteiger partial charge in [-0.15, -0.1) is 0 Å². The molecular formula is C53H48Si. The molecule has 1 unspecified atom stereocenters. The average Bonchev–Trinajstić information content (AvgIpc) is 3.40. The van der Waals surface area contributed by atoms with E-state index in [0.29, 0.717) is 5.92 Å². The first-order valence-electron chi connectivity index (χ1n) is 19.2. The molecule has 1 aliphatic rings. The Kier molecular flexibility index (Phi) is 9.52. The van der Waals surface area contributed by atoms with Gasteiger partial charge in [0.05, 0.1) is 0 Å². The van der Waals surface area contributed by atoms with Crippen molar-refractivity contribution in [3.8, 4) is 44.5 Å². The molecule has 0 saturated carbocycles. The zero-order valence-corrected chi connectivity index (χ0v) is 33.3. The average molecular weight is 713 g/mol. The van der Waals surface area contributed by atoms with E-state index in [4.69, 9.17) is 0 Å². The molecule has 1 aliphatic carbocycles. The zero-order chi connectivity index (χ0) is 37.4. The van der Waals surface area contributed by atoms with Gasteiger partial charge in [0.25, 0.3) is 0 Å². The van der Waals surface area contributed by atoms with Crippen molar-refractivity contribution >= 4 is 23.6 Å². The standard InChI is InChI=1S/C53H48Si/c1-36-27-37(2)29-50(28-36)54(53-40(5)38(3)39(4)41(53)6,51-32-46(42-19-11-7-12-20-42)30-47(33-51)43-21-13-8-14-22-43)52-34-48(44-23-15-9-16-24-44)31-49(35-52)45-25-17-10-18-26-45/h7-35,40H,1-6H3. The molecule has 0 aromatic heterocycles. The summed E-state index contributed by atoms with van der Waals surface area (Å²) in [5.74, 6) is 0.290. The van der Waals surface area contributed by atoms with Crippen molar-refractivity contribution in [1.82, 2.24) is 0 Å². The summed E-state index contributed by atoms with van der Waals surface area (Å²) >= 11 is 0. The number of benzene rings is 7. The first-order valence-corrected chi connectivity index (χ1v) is 21.2. The fourth-order valence-corrected chi connectivity index (χ4v) is 14.9. The lowest BCUT2D eigenvalue weighted by molar-refractivity contribution is 0.851. The van der Waals surface area contributed by atoms with Crippen molar-refractivity contribution in [3.63, 3.8) is 0 Å². The second-order valence-electron chi connectivity index (χ2n) is 15.3. The SMILES string of the molecule is CC1=C(C)C(C)C([Si](c2cc(C)cc(C)c2)(c2cc(-c3ccccc3)cc(-c3ccccc3)c2)c2cc(-c3ccccc3)cc(-c3ccccc3)c2)=C1C. The molecule has 8 rings (SSSR count). The van der Waals surface area contributed by atoms with E-state index in [1.54, 1.807) is 5.20 Å². The van der Waals surface area contributed by atoms with Gasteiger partial charge in [-0.2, -0.15) is 0 Å². The quantitative estimate of drug-likeness (QED) is 0.109. The van der Waals surface area contributed by atoms with Crippen molar-refractivity contribution in [2.45, 2.75) is 41.5 Å². The van der Waals surface area contributed by atoms with Crippen LogP contribution in [0.25, 0.3) is 44.5 Å². The third-order valence-corrected chi connectivity index (χ3v) is 16.9. The third kappa shape index (κ3) is 6.33. The highest BCUT2D eigenvalue weighted by atomic mass is 28.3. The molecule has 0 spiro atoms. The molecule has 1 atom stereocenters.